The van der Waals surface area contributed by atoms with Crippen LogP contribution in [0, 0.1) is 5.82 Å². The molecule has 0 unspecified atom stereocenters. The topological polar surface area (TPSA) is 33.1 Å². The number of halogens is 6. The molecule has 0 aliphatic carbocycles. The van der Waals surface area contributed by atoms with E-state index in [9.17, 15) is 26.3 Å². The third kappa shape index (κ3) is 5.28. The van der Waals surface area contributed by atoms with E-state index in [1.807, 2.05) is 9.47 Å². The van der Waals surface area contributed by atoms with Gasteiger partial charge in [-0.3, -0.25) is 0 Å². The highest BCUT2D eigenvalue weighted by atomic mass is 19.4. The smallest absolute Gasteiger partial charge is 0.333 e. The summed E-state index contributed by atoms with van der Waals surface area (Å²) in [6.07, 6.45) is -1.73. The third-order valence-electron chi connectivity index (χ3n) is 6.32. The average Bonchev–Trinajstić information content (AvgIpc) is 3.17. The molecule has 0 bridgehead atoms. The Morgan fingerprint density at radius 3 is 2.41 bits per heavy atom. The Morgan fingerprint density at radius 1 is 1.06 bits per heavy atom. The number of benzene rings is 1. The van der Waals surface area contributed by atoms with Gasteiger partial charge in [0.2, 0.25) is 0 Å². The second kappa shape index (κ2) is 9.05. The van der Waals surface area contributed by atoms with Gasteiger partial charge in [0.25, 0.3) is 5.92 Å². The molecule has 2 aliphatic heterocycles. The van der Waals surface area contributed by atoms with Crippen molar-refractivity contribution in [3.63, 3.8) is 0 Å². The first-order chi connectivity index (χ1) is 15.1. The van der Waals surface area contributed by atoms with E-state index < -0.39 is 23.5 Å². The number of likely N-dealkylation sites (tertiary alicyclic amines) is 1. The van der Waals surface area contributed by atoms with E-state index in [2.05, 4.69) is 10.3 Å². The molecule has 0 atom stereocenters. The van der Waals surface area contributed by atoms with E-state index in [0.29, 0.717) is 31.9 Å². The van der Waals surface area contributed by atoms with Gasteiger partial charge in [0.05, 0.1) is 11.3 Å². The van der Waals surface area contributed by atoms with Crippen LogP contribution in [-0.2, 0) is 12.7 Å². The van der Waals surface area contributed by atoms with Crippen LogP contribution in [0.15, 0.2) is 24.4 Å². The van der Waals surface area contributed by atoms with E-state index in [1.165, 1.54) is 6.07 Å². The zero-order valence-corrected chi connectivity index (χ0v) is 17.6. The Balaban J connectivity index is 1.58. The maximum Gasteiger partial charge on any atom is 0.419 e. The van der Waals surface area contributed by atoms with Crippen LogP contribution < -0.4 is 5.32 Å². The van der Waals surface area contributed by atoms with E-state index in [4.69, 9.17) is 0 Å². The van der Waals surface area contributed by atoms with Crippen LogP contribution in [0.1, 0.15) is 43.0 Å². The number of imidazole rings is 1. The Kier molecular flexibility index (Phi) is 6.53. The lowest BCUT2D eigenvalue weighted by atomic mass is 9.97. The lowest BCUT2D eigenvalue weighted by molar-refractivity contribution is -0.139. The molecular formula is C22H26F6N4. The minimum Gasteiger partial charge on any atom is -0.333 e. The second-order valence-electron chi connectivity index (χ2n) is 8.59. The summed E-state index contributed by atoms with van der Waals surface area (Å²) in [4.78, 5) is 6.63. The van der Waals surface area contributed by atoms with Gasteiger partial charge in [-0.2, -0.15) is 13.2 Å². The molecule has 32 heavy (non-hydrogen) atoms. The molecule has 2 aliphatic rings. The van der Waals surface area contributed by atoms with Crippen LogP contribution in [0.2, 0.25) is 0 Å². The van der Waals surface area contributed by atoms with Crippen LogP contribution in [0.3, 0.4) is 0 Å². The number of nitrogens with zero attached hydrogens (tertiary/aromatic N) is 3. The predicted molar refractivity (Wildman–Crippen MR) is 108 cm³/mol. The first kappa shape index (κ1) is 23.1. The molecule has 0 spiro atoms. The number of nitrogens with one attached hydrogen (secondary N) is 1. The molecule has 4 rings (SSSR count). The van der Waals surface area contributed by atoms with Crippen molar-refractivity contribution in [2.75, 3.05) is 32.7 Å². The summed E-state index contributed by atoms with van der Waals surface area (Å²) in [6, 6.07) is 2.91. The van der Waals surface area contributed by atoms with Gasteiger partial charge in [0.15, 0.2) is 0 Å². The molecule has 4 nitrogen and oxygen atoms in total. The molecular weight excluding hydrogens is 434 g/mol. The van der Waals surface area contributed by atoms with E-state index in [0.717, 1.165) is 43.9 Å². The number of hydrogen-bond acceptors (Lipinski definition) is 3. The van der Waals surface area contributed by atoms with Crippen LogP contribution in [-0.4, -0.2) is 53.1 Å². The fourth-order valence-electron chi connectivity index (χ4n) is 4.41. The minimum absolute atomic E-state index is 0.151. The second-order valence-corrected chi connectivity index (χ2v) is 8.59. The average molecular weight is 460 g/mol. The van der Waals surface area contributed by atoms with Gasteiger partial charge in [-0.25, -0.2) is 18.2 Å². The third-order valence-corrected chi connectivity index (χ3v) is 6.32. The Morgan fingerprint density at radius 2 is 1.75 bits per heavy atom. The monoisotopic (exact) mass is 460 g/mol. The largest absolute Gasteiger partial charge is 0.419 e. The normalized spacial score (nSPS) is 20.6. The van der Waals surface area contributed by atoms with Crippen LogP contribution in [0.5, 0.6) is 0 Å². The number of rotatable bonds is 5. The Hall–Kier alpha value is -2.07. The summed E-state index contributed by atoms with van der Waals surface area (Å²) in [5.41, 5.74) is -0.762. The van der Waals surface area contributed by atoms with Gasteiger partial charge in [0.1, 0.15) is 11.6 Å². The standard InChI is InChI=1S/C22H26F6N4/c23-18-2-1-16(13-17(18)22(26,27)28)19-14-32(20(30-19)15-3-7-29-8-4-15)12-11-31-9-5-21(24,25)6-10-31/h1-2,13-15,29H,3-12H2. The van der Waals surface area contributed by atoms with Gasteiger partial charge in [-0.05, 0) is 44.1 Å². The molecule has 1 N–H and O–H groups in total. The Bertz CT molecular complexity index is 923. The highest BCUT2D eigenvalue weighted by Gasteiger charge is 2.35. The molecule has 0 amide bonds. The number of piperidine rings is 2. The molecule has 1 aromatic carbocycles. The van der Waals surface area contributed by atoms with Crippen molar-refractivity contribution in [3.05, 3.63) is 41.6 Å². The van der Waals surface area contributed by atoms with Crippen LogP contribution >= 0.6 is 0 Å². The van der Waals surface area contributed by atoms with E-state index in [1.54, 1.807) is 6.20 Å². The molecule has 3 heterocycles. The van der Waals surface area contributed by atoms with Gasteiger partial charge < -0.3 is 14.8 Å². The van der Waals surface area contributed by atoms with Gasteiger partial charge in [-0.15, -0.1) is 0 Å². The number of aromatic nitrogens is 2. The zero-order valence-electron chi connectivity index (χ0n) is 17.6. The first-order valence-corrected chi connectivity index (χ1v) is 10.9. The highest BCUT2D eigenvalue weighted by Crippen LogP contribution is 2.35. The van der Waals surface area contributed by atoms with Crippen molar-refractivity contribution in [2.45, 2.75) is 50.2 Å². The highest BCUT2D eigenvalue weighted by molar-refractivity contribution is 5.60. The summed E-state index contributed by atoms with van der Waals surface area (Å²) in [7, 11) is 0. The lowest BCUT2D eigenvalue weighted by Crippen LogP contribution is -2.40. The molecule has 10 heteroatoms. The molecule has 0 radical (unpaired) electrons. The van der Waals surface area contributed by atoms with Crippen molar-refractivity contribution in [3.8, 4) is 11.3 Å². The first-order valence-electron chi connectivity index (χ1n) is 10.9. The van der Waals surface area contributed by atoms with Crippen molar-refractivity contribution < 1.29 is 26.3 Å². The molecule has 1 aromatic heterocycles. The van der Waals surface area contributed by atoms with Crippen LogP contribution in [0.25, 0.3) is 11.3 Å². The Labute approximate surface area is 182 Å². The number of alkyl halides is 5. The molecule has 176 valence electrons. The van der Waals surface area contributed by atoms with Crippen LogP contribution in [0.4, 0.5) is 26.3 Å². The van der Waals surface area contributed by atoms with Gasteiger partial charge in [0, 0.05) is 56.7 Å². The quantitative estimate of drug-likeness (QED) is 0.644. The molecule has 2 fully saturated rings. The summed E-state index contributed by atoms with van der Waals surface area (Å²) < 4.78 is 82.0. The van der Waals surface area contributed by atoms with Crippen molar-refractivity contribution in [1.82, 2.24) is 19.8 Å². The molecule has 0 saturated carbocycles. The summed E-state index contributed by atoms with van der Waals surface area (Å²) >= 11 is 0. The van der Waals surface area contributed by atoms with Crippen molar-refractivity contribution in [1.29, 1.82) is 0 Å². The van der Waals surface area contributed by atoms with Crippen molar-refractivity contribution in [2.24, 2.45) is 0 Å². The minimum atomic E-state index is -4.79. The molecule has 2 aromatic rings. The zero-order chi connectivity index (χ0) is 22.9. The van der Waals surface area contributed by atoms with E-state index in [-0.39, 0.29) is 24.3 Å². The summed E-state index contributed by atoms with van der Waals surface area (Å²) in [5, 5.41) is 3.28. The maximum atomic E-state index is 13.7. The maximum absolute atomic E-state index is 13.7. The summed E-state index contributed by atoms with van der Waals surface area (Å²) in [5.74, 6) is -3.00. The lowest BCUT2D eigenvalue weighted by Gasteiger charge is -2.32. The fraction of sp³-hybridized carbons (Fsp3) is 0.591. The number of hydrogen-bond donors (Lipinski definition) is 1. The van der Waals surface area contributed by atoms with Gasteiger partial charge >= 0.3 is 6.18 Å². The fourth-order valence-corrected chi connectivity index (χ4v) is 4.41. The van der Waals surface area contributed by atoms with E-state index >= 15 is 0 Å². The SMILES string of the molecule is Fc1ccc(-c2cn(CCN3CCC(F)(F)CC3)c(C3CCNCC3)n2)cc1C(F)(F)F. The van der Waals surface area contributed by atoms with Crippen molar-refractivity contribution >= 4 is 0 Å². The predicted octanol–water partition coefficient (Wildman–Crippen LogP) is 4.91. The molecule has 2 saturated heterocycles. The van der Waals surface area contributed by atoms with Gasteiger partial charge in [-0.1, -0.05) is 0 Å². The summed E-state index contributed by atoms with van der Waals surface area (Å²) in [6.45, 7) is 3.33.